The third-order valence-electron chi connectivity index (χ3n) is 6.14. The SMILES string of the molecule is COc1cccc(C2=CC3c4cc(Cl)ccc4OC4(CC[NH+](C)CC4)N3N2)c1. The van der Waals surface area contributed by atoms with Gasteiger partial charge in [0.25, 0.3) is 0 Å². The minimum Gasteiger partial charge on any atom is -0.497 e. The molecule has 0 radical (unpaired) electrons. The van der Waals surface area contributed by atoms with E-state index in [-0.39, 0.29) is 11.8 Å². The number of methoxy groups -OCH3 is 1. The summed E-state index contributed by atoms with van der Waals surface area (Å²) < 4.78 is 12.1. The molecule has 0 amide bonds. The molecule has 2 aromatic rings. The van der Waals surface area contributed by atoms with Crippen molar-refractivity contribution in [2.45, 2.75) is 24.6 Å². The monoisotopic (exact) mass is 398 g/mol. The van der Waals surface area contributed by atoms with Crippen LogP contribution in [0.1, 0.15) is 30.0 Å². The number of fused-ring (bicyclic) bond motifs is 4. The number of ether oxygens (including phenoxy) is 2. The molecule has 1 saturated heterocycles. The minimum atomic E-state index is -0.345. The summed E-state index contributed by atoms with van der Waals surface area (Å²) in [4.78, 5) is 1.55. The van der Waals surface area contributed by atoms with E-state index in [1.165, 1.54) is 0 Å². The Balaban J connectivity index is 1.58. The fourth-order valence-corrected chi connectivity index (χ4v) is 4.69. The molecular formula is C22H25ClN3O2+. The molecular weight excluding hydrogens is 374 g/mol. The molecule has 0 saturated carbocycles. The van der Waals surface area contributed by atoms with E-state index in [0.717, 1.165) is 59.3 Å². The number of rotatable bonds is 2. The number of quaternary nitrogens is 1. The van der Waals surface area contributed by atoms with Gasteiger partial charge < -0.3 is 19.8 Å². The van der Waals surface area contributed by atoms with E-state index >= 15 is 0 Å². The summed E-state index contributed by atoms with van der Waals surface area (Å²) in [7, 11) is 3.94. The van der Waals surface area contributed by atoms with Gasteiger partial charge in [-0.3, -0.25) is 0 Å². The van der Waals surface area contributed by atoms with Crippen LogP contribution < -0.4 is 19.8 Å². The molecule has 3 heterocycles. The zero-order chi connectivity index (χ0) is 19.3. The Kier molecular flexibility index (Phi) is 4.27. The summed E-state index contributed by atoms with van der Waals surface area (Å²) >= 11 is 6.32. The fraction of sp³-hybridized carbons (Fsp3) is 0.364. The molecule has 28 heavy (non-hydrogen) atoms. The summed E-state index contributed by atoms with van der Waals surface area (Å²) in [6.07, 6.45) is 4.23. The van der Waals surface area contributed by atoms with E-state index in [1.807, 2.05) is 30.3 Å². The maximum absolute atomic E-state index is 6.64. The lowest BCUT2D eigenvalue weighted by molar-refractivity contribution is -0.888. The third kappa shape index (κ3) is 2.85. The number of nitrogens with one attached hydrogen (secondary N) is 2. The van der Waals surface area contributed by atoms with Gasteiger partial charge in [-0.2, -0.15) is 5.01 Å². The first-order valence-electron chi connectivity index (χ1n) is 9.80. The second-order valence-corrected chi connectivity index (χ2v) is 8.36. The van der Waals surface area contributed by atoms with Gasteiger partial charge in [0.2, 0.25) is 0 Å². The van der Waals surface area contributed by atoms with Crippen molar-refractivity contribution in [2.24, 2.45) is 0 Å². The molecule has 6 heteroatoms. The molecule has 3 aliphatic heterocycles. The number of hydrazine groups is 1. The topological polar surface area (TPSA) is 38.2 Å². The Labute approximate surface area is 170 Å². The van der Waals surface area contributed by atoms with E-state index in [2.05, 4.69) is 35.7 Å². The summed E-state index contributed by atoms with van der Waals surface area (Å²) in [6.45, 7) is 2.17. The number of piperidine rings is 1. The highest BCUT2D eigenvalue weighted by Crippen LogP contribution is 2.48. The van der Waals surface area contributed by atoms with Crippen LogP contribution in [0, 0.1) is 0 Å². The smallest absolute Gasteiger partial charge is 0.191 e. The van der Waals surface area contributed by atoms with Crippen LogP contribution in [0.4, 0.5) is 0 Å². The largest absolute Gasteiger partial charge is 0.497 e. The molecule has 5 nitrogen and oxygen atoms in total. The Morgan fingerprint density at radius 2 is 2.04 bits per heavy atom. The lowest BCUT2D eigenvalue weighted by Gasteiger charge is -2.50. The highest BCUT2D eigenvalue weighted by molar-refractivity contribution is 6.30. The van der Waals surface area contributed by atoms with Gasteiger partial charge in [-0.1, -0.05) is 23.7 Å². The Morgan fingerprint density at radius 3 is 2.82 bits per heavy atom. The summed E-state index contributed by atoms with van der Waals surface area (Å²) in [6, 6.07) is 14.2. The molecule has 0 bridgehead atoms. The van der Waals surface area contributed by atoms with Crippen LogP contribution in [-0.4, -0.2) is 38.0 Å². The highest BCUT2D eigenvalue weighted by atomic mass is 35.5. The third-order valence-corrected chi connectivity index (χ3v) is 6.37. The van der Waals surface area contributed by atoms with Crippen molar-refractivity contribution in [1.29, 1.82) is 0 Å². The van der Waals surface area contributed by atoms with E-state index in [1.54, 1.807) is 12.0 Å². The first-order valence-corrected chi connectivity index (χ1v) is 10.2. The van der Waals surface area contributed by atoms with Gasteiger partial charge in [-0.25, -0.2) is 0 Å². The van der Waals surface area contributed by atoms with Gasteiger partial charge in [-0.15, -0.1) is 0 Å². The molecule has 2 N–H and O–H groups in total. The number of nitrogens with zero attached hydrogens (tertiary/aromatic N) is 1. The van der Waals surface area contributed by atoms with Crippen LogP contribution in [0.5, 0.6) is 11.5 Å². The average Bonchev–Trinajstić information content (AvgIpc) is 3.18. The van der Waals surface area contributed by atoms with Crippen LogP contribution in [0.3, 0.4) is 0 Å². The second-order valence-electron chi connectivity index (χ2n) is 7.93. The van der Waals surface area contributed by atoms with Gasteiger partial charge in [0.1, 0.15) is 11.5 Å². The lowest BCUT2D eigenvalue weighted by Crippen LogP contribution is -3.11. The Morgan fingerprint density at radius 1 is 1.21 bits per heavy atom. The van der Waals surface area contributed by atoms with E-state index in [9.17, 15) is 0 Å². The molecule has 0 aliphatic carbocycles. The lowest BCUT2D eigenvalue weighted by atomic mass is 9.93. The average molecular weight is 399 g/mol. The summed E-state index contributed by atoms with van der Waals surface area (Å²) in [5, 5.41) is 3.03. The zero-order valence-electron chi connectivity index (χ0n) is 16.2. The molecule has 1 unspecified atom stereocenters. The van der Waals surface area contributed by atoms with Gasteiger partial charge in [0, 0.05) is 16.1 Å². The van der Waals surface area contributed by atoms with Crippen molar-refractivity contribution >= 4 is 17.3 Å². The highest BCUT2D eigenvalue weighted by Gasteiger charge is 2.52. The molecule has 1 fully saturated rings. The molecule has 2 aromatic carbocycles. The van der Waals surface area contributed by atoms with E-state index in [4.69, 9.17) is 21.1 Å². The van der Waals surface area contributed by atoms with Crippen LogP contribution in [0.15, 0.2) is 48.5 Å². The Hall–Kier alpha value is -2.21. The van der Waals surface area contributed by atoms with Crippen molar-refractivity contribution in [2.75, 3.05) is 27.2 Å². The van der Waals surface area contributed by atoms with Crippen LogP contribution >= 0.6 is 11.6 Å². The number of benzene rings is 2. The molecule has 3 aliphatic rings. The van der Waals surface area contributed by atoms with Crippen molar-refractivity contribution < 1.29 is 14.4 Å². The zero-order valence-corrected chi connectivity index (χ0v) is 16.9. The quantitative estimate of drug-likeness (QED) is 0.815. The predicted octanol–water partition coefficient (Wildman–Crippen LogP) is 2.65. The van der Waals surface area contributed by atoms with E-state index < -0.39 is 0 Å². The maximum Gasteiger partial charge on any atom is 0.191 e. The van der Waals surface area contributed by atoms with Crippen molar-refractivity contribution in [1.82, 2.24) is 10.4 Å². The first kappa shape index (κ1) is 17.9. The fourth-order valence-electron chi connectivity index (χ4n) is 4.51. The van der Waals surface area contributed by atoms with Gasteiger partial charge >= 0.3 is 0 Å². The number of halogens is 1. The summed E-state index contributed by atoms with van der Waals surface area (Å²) in [5.74, 6) is 1.79. The van der Waals surface area contributed by atoms with Gasteiger partial charge in [0.05, 0.1) is 51.8 Å². The van der Waals surface area contributed by atoms with Crippen molar-refractivity contribution in [3.05, 3.63) is 64.7 Å². The van der Waals surface area contributed by atoms with Crippen LogP contribution in [0.2, 0.25) is 5.02 Å². The van der Waals surface area contributed by atoms with Crippen LogP contribution in [0.25, 0.3) is 5.70 Å². The molecule has 1 atom stereocenters. The predicted molar refractivity (Wildman–Crippen MR) is 109 cm³/mol. The van der Waals surface area contributed by atoms with Crippen molar-refractivity contribution in [3.8, 4) is 11.5 Å². The van der Waals surface area contributed by atoms with E-state index in [0.29, 0.717) is 0 Å². The minimum absolute atomic E-state index is 0.0852. The van der Waals surface area contributed by atoms with Crippen molar-refractivity contribution in [3.63, 3.8) is 0 Å². The second kappa shape index (κ2) is 6.69. The molecule has 1 spiro atoms. The standard InChI is InChI=1S/C22H24ClN3O2/c1-25-10-8-22(9-11-25)26-20(18-13-16(23)6-7-21(18)28-22)14-19(24-26)15-4-3-5-17(12-15)27-2/h3-7,12-14,20,24H,8-11H2,1-2H3/p+1. The van der Waals surface area contributed by atoms with Crippen LogP contribution in [-0.2, 0) is 0 Å². The first-order chi connectivity index (χ1) is 13.6. The Bertz CT molecular complexity index is 937. The van der Waals surface area contributed by atoms with Gasteiger partial charge in [0.15, 0.2) is 5.72 Å². The number of hydrogen-bond acceptors (Lipinski definition) is 4. The normalized spacial score (nSPS) is 28.8. The van der Waals surface area contributed by atoms with Gasteiger partial charge in [-0.05, 0) is 36.4 Å². The molecule has 5 rings (SSSR count). The number of hydrogen-bond donors (Lipinski definition) is 2. The number of likely N-dealkylation sites (tertiary alicyclic amines) is 1. The molecule has 146 valence electrons. The maximum atomic E-state index is 6.64. The molecule has 0 aromatic heterocycles. The summed E-state index contributed by atoms with van der Waals surface area (Å²) in [5.41, 5.74) is 6.60.